The lowest BCUT2D eigenvalue weighted by molar-refractivity contribution is -0.137. The number of unbranched alkanes of at least 4 members (excludes halogenated alkanes) is 3. The SMILES string of the molecule is C[C@@H](NC(=O)c1cccc(NCc2nnc(-c3ccncn3)n2C)c1)c1cccc(OCCCCCCOCCOCC(=O)N2CCN(c3cc4c(cc3F)C(=O)N(C3CCC(=O)NC3=O)C4=O)CC2)c1. The summed E-state index contributed by atoms with van der Waals surface area (Å²) < 4.78 is 34.5. The van der Waals surface area contributed by atoms with Gasteiger partial charge in [-0.2, -0.15) is 0 Å². The van der Waals surface area contributed by atoms with Gasteiger partial charge in [0.2, 0.25) is 17.7 Å². The van der Waals surface area contributed by atoms with Crippen LogP contribution in [0.25, 0.3) is 11.5 Å². The zero-order valence-corrected chi connectivity index (χ0v) is 39.6. The molecule has 3 aliphatic heterocycles. The maximum absolute atomic E-state index is 15.3. The smallest absolute Gasteiger partial charge is 0.262 e. The number of piperidine rings is 1. The van der Waals surface area contributed by atoms with Crippen molar-refractivity contribution in [2.24, 2.45) is 7.05 Å². The molecule has 21 heteroatoms. The number of hydrogen-bond donors (Lipinski definition) is 3. The second kappa shape index (κ2) is 23.3. The third-order valence-corrected chi connectivity index (χ3v) is 12.6. The zero-order chi connectivity index (χ0) is 49.9. The lowest BCUT2D eigenvalue weighted by Gasteiger charge is -2.36. The van der Waals surface area contributed by atoms with Gasteiger partial charge in [0.25, 0.3) is 17.7 Å². The van der Waals surface area contributed by atoms with Crippen LogP contribution in [0.15, 0.2) is 79.3 Å². The van der Waals surface area contributed by atoms with Gasteiger partial charge in [0.05, 0.1) is 49.2 Å². The van der Waals surface area contributed by atoms with E-state index in [-0.39, 0.29) is 60.7 Å². The van der Waals surface area contributed by atoms with Crippen molar-refractivity contribution in [2.75, 3.05) is 69.4 Å². The molecular formula is C50H56FN11O9. The number of fused-ring (bicyclic) bond motifs is 1. The van der Waals surface area contributed by atoms with E-state index in [9.17, 15) is 28.8 Å². The van der Waals surface area contributed by atoms with Gasteiger partial charge in [-0.05, 0) is 86.7 Å². The van der Waals surface area contributed by atoms with E-state index in [0.717, 1.165) is 53.6 Å². The molecular weight excluding hydrogens is 918 g/mol. The summed E-state index contributed by atoms with van der Waals surface area (Å²) in [7, 11) is 1.87. The Bertz CT molecular complexity index is 2750. The predicted octanol–water partition coefficient (Wildman–Crippen LogP) is 4.24. The first-order chi connectivity index (χ1) is 34.4. The van der Waals surface area contributed by atoms with Crippen molar-refractivity contribution < 1.29 is 47.4 Å². The second-order valence-corrected chi connectivity index (χ2v) is 17.4. The van der Waals surface area contributed by atoms with E-state index in [0.29, 0.717) is 75.5 Å². The van der Waals surface area contributed by atoms with Crippen LogP contribution in [0.2, 0.25) is 0 Å². The van der Waals surface area contributed by atoms with Crippen LogP contribution in [0, 0.1) is 5.82 Å². The van der Waals surface area contributed by atoms with Gasteiger partial charge in [0.1, 0.15) is 36.2 Å². The van der Waals surface area contributed by atoms with E-state index in [1.165, 1.54) is 12.4 Å². The van der Waals surface area contributed by atoms with Crippen molar-refractivity contribution in [3.8, 4) is 17.3 Å². The highest BCUT2D eigenvalue weighted by Crippen LogP contribution is 2.33. The van der Waals surface area contributed by atoms with Crippen molar-refractivity contribution in [1.82, 2.24) is 45.2 Å². The molecule has 372 valence electrons. The summed E-state index contributed by atoms with van der Waals surface area (Å²) in [4.78, 5) is 88.7. The number of halogens is 1. The molecule has 8 rings (SSSR count). The lowest BCUT2D eigenvalue weighted by atomic mass is 10.0. The Labute approximate surface area is 409 Å². The summed E-state index contributed by atoms with van der Waals surface area (Å²) in [6, 6.07) is 17.7. The first-order valence-corrected chi connectivity index (χ1v) is 23.7. The maximum Gasteiger partial charge on any atom is 0.262 e. The number of anilines is 2. The molecule has 2 fully saturated rings. The van der Waals surface area contributed by atoms with E-state index in [1.807, 2.05) is 54.9 Å². The third-order valence-electron chi connectivity index (χ3n) is 12.6. The highest BCUT2D eigenvalue weighted by Gasteiger charge is 2.45. The fourth-order valence-corrected chi connectivity index (χ4v) is 8.59. The molecule has 2 atom stereocenters. The number of ether oxygens (including phenoxy) is 3. The number of piperazine rings is 1. The van der Waals surface area contributed by atoms with Crippen LogP contribution in [0.1, 0.15) is 94.0 Å². The second-order valence-electron chi connectivity index (χ2n) is 17.4. The van der Waals surface area contributed by atoms with Gasteiger partial charge < -0.3 is 39.2 Å². The number of imide groups is 2. The van der Waals surface area contributed by atoms with E-state index in [4.69, 9.17) is 14.2 Å². The molecule has 1 unspecified atom stereocenters. The van der Waals surface area contributed by atoms with Crippen molar-refractivity contribution in [2.45, 2.75) is 64.1 Å². The fraction of sp³-hybridized carbons (Fsp3) is 0.400. The predicted molar refractivity (Wildman–Crippen MR) is 256 cm³/mol. The molecule has 0 radical (unpaired) electrons. The zero-order valence-electron chi connectivity index (χ0n) is 39.6. The molecule has 0 spiro atoms. The first-order valence-electron chi connectivity index (χ1n) is 23.7. The van der Waals surface area contributed by atoms with E-state index < -0.39 is 35.5 Å². The third kappa shape index (κ3) is 12.2. The number of rotatable bonds is 22. The number of amides is 6. The van der Waals surface area contributed by atoms with Crippen LogP contribution >= 0.6 is 0 Å². The molecule has 3 aliphatic rings. The normalized spacial score (nSPS) is 16.2. The first kappa shape index (κ1) is 49.8. The molecule has 0 aliphatic carbocycles. The van der Waals surface area contributed by atoms with Gasteiger partial charge in [0, 0.05) is 63.7 Å². The van der Waals surface area contributed by atoms with Gasteiger partial charge in [-0.25, -0.2) is 14.4 Å². The summed E-state index contributed by atoms with van der Waals surface area (Å²) >= 11 is 0. The van der Waals surface area contributed by atoms with Crippen LogP contribution < -0.4 is 25.6 Å². The molecule has 6 amide bonds. The minimum Gasteiger partial charge on any atom is -0.494 e. The minimum absolute atomic E-state index is 0.00279. The summed E-state index contributed by atoms with van der Waals surface area (Å²) in [6.45, 7) is 5.14. The van der Waals surface area contributed by atoms with Crippen molar-refractivity contribution >= 4 is 46.8 Å². The Morgan fingerprint density at radius 1 is 0.859 bits per heavy atom. The van der Waals surface area contributed by atoms with Gasteiger partial charge in [-0.15, -0.1) is 10.2 Å². The molecule has 71 heavy (non-hydrogen) atoms. The van der Waals surface area contributed by atoms with Crippen LogP contribution in [0.4, 0.5) is 15.8 Å². The quantitative estimate of drug-likeness (QED) is 0.0651. The Hall–Kier alpha value is -7.65. The number of aromatic nitrogens is 5. The van der Waals surface area contributed by atoms with Gasteiger partial charge in [0.15, 0.2) is 11.6 Å². The maximum atomic E-state index is 15.3. The Kier molecular flexibility index (Phi) is 16.3. The summed E-state index contributed by atoms with van der Waals surface area (Å²) in [5, 5.41) is 17.1. The molecule has 0 bridgehead atoms. The van der Waals surface area contributed by atoms with Crippen LogP contribution in [-0.4, -0.2) is 135 Å². The van der Waals surface area contributed by atoms with Gasteiger partial charge in [-0.1, -0.05) is 24.6 Å². The standard InChI is InChI=1S/C50H56FN11O9/c1-32(55-47(65)34-10-7-11-35(25-34)53-29-43-57-58-46(59(43)2)40-15-16-52-31-54-40)33-9-8-12-36(26-33)71-22-6-4-3-5-21-69-23-24-70-30-45(64)61-19-17-60(18-20-61)42-28-38-37(27-39(42)51)49(67)62(50(38)68)41-13-14-44(63)56-48(41)66/h7-12,15-16,25-28,31-32,41,53H,3-6,13-14,17-24,29-30H2,1-2H3,(H,55,65)(H,56,63,66)/t32-,41?/m1/s1. The number of carbonyl (C=O) groups excluding carboxylic acids is 6. The number of nitrogens with one attached hydrogen (secondary N) is 3. The average Bonchev–Trinajstić information content (AvgIpc) is 3.86. The summed E-state index contributed by atoms with van der Waals surface area (Å²) in [5.74, 6) is -1.73. The van der Waals surface area contributed by atoms with E-state index in [2.05, 4.69) is 36.1 Å². The van der Waals surface area contributed by atoms with Crippen LogP contribution in [0.3, 0.4) is 0 Å². The van der Waals surface area contributed by atoms with E-state index >= 15 is 4.39 Å². The number of benzene rings is 3. The highest BCUT2D eigenvalue weighted by atomic mass is 19.1. The minimum atomic E-state index is -1.14. The number of carbonyl (C=O) groups is 6. The van der Waals surface area contributed by atoms with Gasteiger partial charge in [-0.3, -0.25) is 39.0 Å². The molecule has 5 aromatic rings. The Morgan fingerprint density at radius 2 is 1.62 bits per heavy atom. The molecule has 2 saturated heterocycles. The van der Waals surface area contributed by atoms with Crippen molar-refractivity contribution in [3.05, 3.63) is 113 Å². The molecule has 2 aromatic heterocycles. The molecule has 3 aromatic carbocycles. The molecule has 0 saturated carbocycles. The van der Waals surface area contributed by atoms with Crippen LogP contribution in [0.5, 0.6) is 5.75 Å². The monoisotopic (exact) mass is 973 g/mol. The highest BCUT2D eigenvalue weighted by molar-refractivity contribution is 6.23. The molecule has 5 heterocycles. The molecule has 20 nitrogen and oxygen atoms in total. The van der Waals surface area contributed by atoms with Crippen molar-refractivity contribution in [1.29, 1.82) is 0 Å². The number of hydrogen-bond acceptors (Lipinski definition) is 15. The Balaban J connectivity index is 0.659. The number of nitrogens with zero attached hydrogens (tertiary/aromatic N) is 8. The lowest BCUT2D eigenvalue weighted by Crippen LogP contribution is -2.54. The van der Waals surface area contributed by atoms with Crippen LogP contribution in [-0.2, 0) is 37.4 Å². The summed E-state index contributed by atoms with van der Waals surface area (Å²) in [6.07, 6.45) is 6.77. The Morgan fingerprint density at radius 3 is 2.39 bits per heavy atom. The topological polar surface area (TPSA) is 232 Å². The summed E-state index contributed by atoms with van der Waals surface area (Å²) in [5.41, 5.74) is 2.88. The average molecular weight is 974 g/mol. The van der Waals surface area contributed by atoms with E-state index in [1.54, 1.807) is 34.2 Å². The van der Waals surface area contributed by atoms with Crippen molar-refractivity contribution in [3.63, 3.8) is 0 Å². The molecule has 3 N–H and O–H groups in total. The largest absolute Gasteiger partial charge is 0.494 e. The fourth-order valence-electron chi connectivity index (χ4n) is 8.59. The van der Waals surface area contributed by atoms with Gasteiger partial charge >= 0.3 is 0 Å².